The third-order valence-electron chi connectivity index (χ3n) is 6.63. The molecule has 8 rings (SSSR count). The van der Waals surface area contributed by atoms with E-state index in [0.29, 0.717) is 0 Å². The Hall–Kier alpha value is -3.38. The molecule has 0 unspecified atom stereocenters. The Labute approximate surface area is 148 Å². The van der Waals surface area contributed by atoms with Crippen molar-refractivity contribution in [2.24, 2.45) is 0 Å². The first-order valence-electron chi connectivity index (χ1n) is 9.21. The van der Waals surface area contributed by atoms with E-state index in [4.69, 9.17) is 0 Å². The molecule has 0 heterocycles. The Bertz CT molecular complexity index is 1640. The van der Waals surface area contributed by atoms with Crippen molar-refractivity contribution in [2.45, 2.75) is 0 Å². The van der Waals surface area contributed by atoms with Crippen LogP contribution in [-0.4, -0.2) is 0 Å². The number of hydrogen-bond acceptors (Lipinski definition) is 0. The summed E-state index contributed by atoms with van der Waals surface area (Å²) in [4.78, 5) is 0. The summed E-state index contributed by atoms with van der Waals surface area (Å²) >= 11 is 0. The number of hydrogen-bond donors (Lipinski definition) is 0. The van der Waals surface area contributed by atoms with Gasteiger partial charge in [-0.25, -0.2) is 0 Å². The van der Waals surface area contributed by atoms with Gasteiger partial charge in [-0.3, -0.25) is 0 Å². The maximum Gasteiger partial charge on any atom is -0.000137 e. The van der Waals surface area contributed by atoms with E-state index < -0.39 is 0 Å². The largest absolute Gasteiger partial charge is 0.0616 e. The highest BCUT2D eigenvalue weighted by molar-refractivity contribution is 6.50. The lowest BCUT2D eigenvalue weighted by Crippen LogP contribution is -1.77. The molecule has 0 aromatic heterocycles. The molecule has 0 amide bonds. The van der Waals surface area contributed by atoms with Gasteiger partial charge < -0.3 is 0 Å². The summed E-state index contributed by atoms with van der Waals surface area (Å²) in [6, 6.07) is 27.5. The standard InChI is InChI=1S/C26H12/c1-2-4-18-17(3-1)19-11-15-9-7-13-5-6-14-8-10-16-12-20(18)25(19)26-23(15)21(13)22(14)24(16)26/h1-12H. The van der Waals surface area contributed by atoms with E-state index in [0.717, 1.165) is 0 Å². The molecule has 0 N–H and O–H groups in total. The second kappa shape index (κ2) is 3.59. The van der Waals surface area contributed by atoms with E-state index in [2.05, 4.69) is 72.8 Å². The second-order valence-electron chi connectivity index (χ2n) is 7.73. The third kappa shape index (κ3) is 1.06. The summed E-state index contributed by atoms with van der Waals surface area (Å²) in [6.45, 7) is 0. The Morgan fingerprint density at radius 2 is 0.731 bits per heavy atom. The van der Waals surface area contributed by atoms with Crippen LogP contribution in [0.3, 0.4) is 0 Å². The van der Waals surface area contributed by atoms with Gasteiger partial charge in [-0.1, -0.05) is 60.7 Å². The molecule has 0 saturated carbocycles. The molecule has 0 radical (unpaired) electrons. The van der Waals surface area contributed by atoms with Crippen molar-refractivity contribution in [2.75, 3.05) is 0 Å². The van der Waals surface area contributed by atoms with Crippen molar-refractivity contribution in [3.05, 3.63) is 72.8 Å². The van der Waals surface area contributed by atoms with Crippen LogP contribution in [0.1, 0.15) is 0 Å². The van der Waals surface area contributed by atoms with Crippen molar-refractivity contribution < 1.29 is 0 Å². The zero-order chi connectivity index (χ0) is 16.6. The van der Waals surface area contributed by atoms with Gasteiger partial charge in [0.1, 0.15) is 0 Å². The predicted octanol–water partition coefficient (Wildman–Crippen LogP) is 7.51. The van der Waals surface area contributed by atoms with Gasteiger partial charge in [0.15, 0.2) is 0 Å². The van der Waals surface area contributed by atoms with Crippen molar-refractivity contribution in [1.82, 2.24) is 0 Å². The first-order valence-corrected chi connectivity index (χ1v) is 9.21. The highest BCUT2D eigenvalue weighted by atomic mass is 14.3. The number of fused-ring (bicyclic) bond motifs is 3. The first kappa shape index (κ1) is 12.1. The van der Waals surface area contributed by atoms with Crippen LogP contribution in [0, 0.1) is 0 Å². The zero-order valence-corrected chi connectivity index (χ0v) is 13.9. The summed E-state index contributed by atoms with van der Waals surface area (Å²) in [5.74, 6) is 0. The van der Waals surface area contributed by atoms with E-state index in [-0.39, 0.29) is 0 Å². The van der Waals surface area contributed by atoms with Gasteiger partial charge in [0.2, 0.25) is 0 Å². The normalized spacial score (nSPS) is 13.4. The zero-order valence-electron chi connectivity index (χ0n) is 13.9. The maximum absolute atomic E-state index is 2.42. The van der Waals surface area contributed by atoms with Gasteiger partial charge in [0.25, 0.3) is 0 Å². The quantitative estimate of drug-likeness (QED) is 0.253. The summed E-state index contributed by atoms with van der Waals surface area (Å²) in [5, 5.41) is 19.8. The summed E-state index contributed by atoms with van der Waals surface area (Å²) < 4.78 is 0. The SMILES string of the molecule is c1ccc2c(c1)c1cc3ccc4ccc5ccc6cc2c1c1c3c4c5c61. The molecular formula is C26H12. The molecule has 8 aromatic carbocycles. The van der Waals surface area contributed by atoms with Gasteiger partial charge in [-0.05, 0) is 87.5 Å². The van der Waals surface area contributed by atoms with E-state index in [1.165, 1.54) is 75.4 Å². The minimum atomic E-state index is 1.36. The molecule has 0 aliphatic carbocycles. The minimum absolute atomic E-state index is 1.36. The molecule has 8 aromatic rings. The molecular weight excluding hydrogens is 312 g/mol. The van der Waals surface area contributed by atoms with Crippen LogP contribution < -0.4 is 0 Å². The summed E-state index contributed by atoms with van der Waals surface area (Å²) in [5.41, 5.74) is 0. The van der Waals surface area contributed by atoms with Crippen molar-refractivity contribution in [3.63, 3.8) is 0 Å². The van der Waals surface area contributed by atoms with Crippen LogP contribution >= 0.6 is 0 Å². The highest BCUT2D eigenvalue weighted by Crippen LogP contribution is 2.52. The fourth-order valence-corrected chi connectivity index (χ4v) is 5.67. The molecule has 26 heavy (non-hydrogen) atoms. The highest BCUT2D eigenvalue weighted by Gasteiger charge is 2.23. The van der Waals surface area contributed by atoms with E-state index in [9.17, 15) is 0 Å². The smallest absolute Gasteiger partial charge is 0.000137 e. The van der Waals surface area contributed by atoms with Crippen LogP contribution in [0.15, 0.2) is 72.8 Å². The second-order valence-corrected chi connectivity index (χ2v) is 7.73. The van der Waals surface area contributed by atoms with Crippen molar-refractivity contribution in [1.29, 1.82) is 0 Å². The van der Waals surface area contributed by atoms with Crippen LogP contribution in [-0.2, 0) is 0 Å². The number of benzene rings is 6. The molecule has 0 spiro atoms. The van der Waals surface area contributed by atoms with E-state index >= 15 is 0 Å². The molecule has 0 heteroatoms. The maximum atomic E-state index is 2.42. The number of rotatable bonds is 0. The Morgan fingerprint density at radius 1 is 0.308 bits per heavy atom. The Balaban J connectivity index is 1.96. The molecule has 0 bridgehead atoms. The molecule has 0 fully saturated rings. The average Bonchev–Trinajstić information content (AvgIpc) is 3.21. The molecule has 116 valence electrons. The fraction of sp³-hybridized carbons (Fsp3) is 0. The molecule has 0 aliphatic heterocycles. The van der Waals surface area contributed by atoms with Gasteiger partial charge in [-0.15, -0.1) is 0 Å². The van der Waals surface area contributed by atoms with E-state index in [1.54, 1.807) is 0 Å². The molecule has 0 nitrogen and oxygen atoms in total. The third-order valence-corrected chi connectivity index (χ3v) is 6.63. The van der Waals surface area contributed by atoms with Crippen molar-refractivity contribution >= 4 is 75.4 Å². The minimum Gasteiger partial charge on any atom is -0.0616 e. The van der Waals surface area contributed by atoms with Crippen LogP contribution in [0.2, 0.25) is 0 Å². The Kier molecular flexibility index (Phi) is 1.66. The van der Waals surface area contributed by atoms with Gasteiger partial charge >= 0.3 is 0 Å². The summed E-state index contributed by atoms with van der Waals surface area (Å²) in [6.07, 6.45) is 0. The molecule has 0 aliphatic rings. The van der Waals surface area contributed by atoms with Crippen molar-refractivity contribution in [3.8, 4) is 0 Å². The van der Waals surface area contributed by atoms with Gasteiger partial charge in [0, 0.05) is 0 Å². The van der Waals surface area contributed by atoms with Gasteiger partial charge in [0.05, 0.1) is 0 Å². The summed E-state index contributed by atoms with van der Waals surface area (Å²) in [7, 11) is 0. The fourth-order valence-electron chi connectivity index (χ4n) is 5.67. The first-order chi connectivity index (χ1) is 12.9. The monoisotopic (exact) mass is 324 g/mol. The average molecular weight is 324 g/mol. The van der Waals surface area contributed by atoms with Crippen LogP contribution in [0.5, 0.6) is 0 Å². The lowest BCUT2D eigenvalue weighted by atomic mass is 9.97. The van der Waals surface area contributed by atoms with Gasteiger partial charge in [-0.2, -0.15) is 0 Å². The topological polar surface area (TPSA) is 0 Å². The van der Waals surface area contributed by atoms with E-state index in [1.807, 2.05) is 0 Å². The predicted molar refractivity (Wildman–Crippen MR) is 114 cm³/mol. The van der Waals surface area contributed by atoms with Crippen LogP contribution in [0.25, 0.3) is 75.4 Å². The molecule has 0 atom stereocenters. The lowest BCUT2D eigenvalue weighted by Gasteiger charge is -2.06. The molecule has 0 saturated heterocycles. The lowest BCUT2D eigenvalue weighted by molar-refractivity contribution is 1.85. The Morgan fingerprint density at radius 3 is 1.23 bits per heavy atom. The van der Waals surface area contributed by atoms with Crippen LogP contribution in [0.4, 0.5) is 0 Å².